The summed E-state index contributed by atoms with van der Waals surface area (Å²) >= 11 is 0. The zero-order valence-electron chi connectivity index (χ0n) is 11.5. The van der Waals surface area contributed by atoms with Crippen LogP contribution in [0.15, 0.2) is 12.1 Å². The lowest BCUT2D eigenvalue weighted by Crippen LogP contribution is -2.37. The molecule has 1 saturated carbocycles. The Morgan fingerprint density at radius 1 is 1.25 bits per heavy atom. The second kappa shape index (κ2) is 5.96. The number of nitrogens with zero attached hydrogens (tertiary/aromatic N) is 1. The first-order valence-electron chi connectivity index (χ1n) is 6.36. The predicted octanol–water partition coefficient (Wildman–Crippen LogP) is 1.73. The van der Waals surface area contributed by atoms with Crippen LogP contribution in [0.1, 0.15) is 12.8 Å². The van der Waals surface area contributed by atoms with Gasteiger partial charge in [-0.25, -0.2) is 0 Å². The number of ether oxygens (including phenoxy) is 3. The molecule has 0 spiro atoms. The lowest BCUT2D eigenvalue weighted by Gasteiger charge is -2.34. The summed E-state index contributed by atoms with van der Waals surface area (Å²) in [6, 6.07) is 2.81. The molecule has 20 heavy (non-hydrogen) atoms. The third kappa shape index (κ3) is 2.77. The van der Waals surface area contributed by atoms with Crippen molar-refractivity contribution in [2.75, 3.05) is 20.8 Å². The van der Waals surface area contributed by atoms with Gasteiger partial charge in [0.15, 0.2) is 11.5 Å². The second-order valence-electron chi connectivity index (χ2n) is 4.75. The Labute approximate surface area is 116 Å². The Bertz CT molecular complexity index is 500. The average Bonchev–Trinajstić information content (AvgIpc) is 2.41. The molecule has 0 amide bonds. The van der Waals surface area contributed by atoms with Gasteiger partial charge in [-0.05, 0) is 25.3 Å². The predicted molar refractivity (Wildman–Crippen MR) is 72.4 cm³/mol. The van der Waals surface area contributed by atoms with Crippen molar-refractivity contribution in [3.05, 3.63) is 22.2 Å². The molecule has 1 aromatic carbocycles. The fourth-order valence-corrected chi connectivity index (χ4v) is 2.23. The molecule has 1 aromatic rings. The molecule has 0 unspecified atom stereocenters. The van der Waals surface area contributed by atoms with Crippen molar-refractivity contribution in [3.8, 4) is 17.2 Å². The smallest absolute Gasteiger partial charge is 0.314 e. The third-order valence-corrected chi connectivity index (χ3v) is 3.48. The summed E-state index contributed by atoms with van der Waals surface area (Å²) in [7, 11) is 2.90. The van der Waals surface area contributed by atoms with Crippen LogP contribution in [0.2, 0.25) is 0 Å². The van der Waals surface area contributed by atoms with Crippen molar-refractivity contribution in [1.29, 1.82) is 0 Å². The van der Waals surface area contributed by atoms with Crippen molar-refractivity contribution in [2.45, 2.75) is 18.9 Å². The van der Waals surface area contributed by atoms with Gasteiger partial charge in [-0.2, -0.15) is 0 Å². The van der Waals surface area contributed by atoms with Gasteiger partial charge in [-0.1, -0.05) is 0 Å². The van der Waals surface area contributed by atoms with Crippen molar-refractivity contribution in [1.82, 2.24) is 0 Å². The number of nitrogens with two attached hydrogens (primary N) is 1. The Kier molecular flexibility index (Phi) is 4.29. The highest BCUT2D eigenvalue weighted by molar-refractivity contribution is 5.58. The molecular weight excluding hydrogens is 264 g/mol. The molecule has 0 aliphatic heterocycles. The third-order valence-electron chi connectivity index (χ3n) is 3.48. The van der Waals surface area contributed by atoms with Crippen molar-refractivity contribution >= 4 is 5.69 Å². The van der Waals surface area contributed by atoms with Gasteiger partial charge in [0.1, 0.15) is 0 Å². The molecule has 0 heterocycles. The van der Waals surface area contributed by atoms with E-state index in [1.165, 1.54) is 26.4 Å². The van der Waals surface area contributed by atoms with E-state index in [0.29, 0.717) is 24.0 Å². The highest BCUT2D eigenvalue weighted by Crippen LogP contribution is 2.41. The molecule has 0 saturated heterocycles. The molecule has 1 fully saturated rings. The summed E-state index contributed by atoms with van der Waals surface area (Å²) in [5, 5.41) is 11.1. The molecule has 0 atom stereocenters. The highest BCUT2D eigenvalue weighted by atomic mass is 16.6. The fourth-order valence-electron chi connectivity index (χ4n) is 2.23. The minimum Gasteiger partial charge on any atom is -0.493 e. The monoisotopic (exact) mass is 282 g/mol. The lowest BCUT2D eigenvalue weighted by molar-refractivity contribution is -0.386. The maximum Gasteiger partial charge on any atom is 0.314 e. The van der Waals surface area contributed by atoms with Gasteiger partial charge >= 0.3 is 5.69 Å². The van der Waals surface area contributed by atoms with Gasteiger partial charge in [-0.15, -0.1) is 0 Å². The SMILES string of the molecule is COc1cc(OC2CC(CN)C2)c([N+](=O)[O-])cc1OC. The van der Waals surface area contributed by atoms with E-state index in [9.17, 15) is 10.1 Å². The summed E-state index contributed by atoms with van der Waals surface area (Å²) in [5.41, 5.74) is 5.42. The molecule has 1 aliphatic carbocycles. The Hall–Kier alpha value is -2.02. The van der Waals surface area contributed by atoms with E-state index in [-0.39, 0.29) is 17.5 Å². The van der Waals surface area contributed by atoms with Gasteiger partial charge < -0.3 is 19.9 Å². The van der Waals surface area contributed by atoms with Crippen LogP contribution in [0.3, 0.4) is 0 Å². The Morgan fingerprint density at radius 3 is 2.35 bits per heavy atom. The van der Waals surface area contributed by atoms with E-state index < -0.39 is 4.92 Å². The molecule has 0 aromatic heterocycles. The average molecular weight is 282 g/mol. The first-order valence-corrected chi connectivity index (χ1v) is 6.36. The quantitative estimate of drug-likeness (QED) is 0.630. The number of methoxy groups -OCH3 is 2. The van der Waals surface area contributed by atoms with Gasteiger partial charge in [-0.3, -0.25) is 10.1 Å². The van der Waals surface area contributed by atoms with Gasteiger partial charge in [0, 0.05) is 6.07 Å². The van der Waals surface area contributed by atoms with E-state index in [2.05, 4.69) is 0 Å². The lowest BCUT2D eigenvalue weighted by atomic mass is 9.82. The maximum absolute atomic E-state index is 11.1. The molecule has 1 aliphatic rings. The van der Waals surface area contributed by atoms with E-state index in [1.807, 2.05) is 0 Å². The summed E-state index contributed by atoms with van der Waals surface area (Å²) in [6.07, 6.45) is 1.62. The molecule has 110 valence electrons. The van der Waals surface area contributed by atoms with E-state index >= 15 is 0 Å². The van der Waals surface area contributed by atoms with Crippen LogP contribution >= 0.6 is 0 Å². The van der Waals surface area contributed by atoms with E-state index in [4.69, 9.17) is 19.9 Å². The standard InChI is InChI=1S/C13H18N2O5/c1-18-12-5-10(15(16)17)11(6-13(12)19-2)20-9-3-8(4-9)7-14/h5-6,8-9H,3-4,7,14H2,1-2H3. The van der Waals surface area contributed by atoms with Crippen LogP contribution in [-0.2, 0) is 0 Å². The molecule has 0 radical (unpaired) electrons. The number of nitro benzene ring substituents is 1. The first kappa shape index (κ1) is 14.4. The van der Waals surface area contributed by atoms with Crippen LogP contribution < -0.4 is 19.9 Å². The number of rotatable bonds is 6. The number of benzene rings is 1. The number of hydrogen-bond acceptors (Lipinski definition) is 6. The van der Waals surface area contributed by atoms with Crippen molar-refractivity contribution in [3.63, 3.8) is 0 Å². The van der Waals surface area contributed by atoms with Gasteiger partial charge in [0.2, 0.25) is 5.75 Å². The van der Waals surface area contributed by atoms with Crippen LogP contribution in [0.4, 0.5) is 5.69 Å². The minimum atomic E-state index is -0.490. The maximum atomic E-state index is 11.1. The molecule has 7 heteroatoms. The Balaban J connectivity index is 2.23. The van der Waals surface area contributed by atoms with E-state index in [1.54, 1.807) is 0 Å². The van der Waals surface area contributed by atoms with Crippen LogP contribution in [0.25, 0.3) is 0 Å². The van der Waals surface area contributed by atoms with Gasteiger partial charge in [0.25, 0.3) is 0 Å². The molecule has 0 bridgehead atoms. The first-order chi connectivity index (χ1) is 9.58. The van der Waals surface area contributed by atoms with Crippen LogP contribution in [0.5, 0.6) is 17.2 Å². The molecule has 7 nitrogen and oxygen atoms in total. The molecule has 2 rings (SSSR count). The topological polar surface area (TPSA) is 96.9 Å². The van der Waals surface area contributed by atoms with Crippen molar-refractivity contribution in [2.24, 2.45) is 11.7 Å². The summed E-state index contributed by atoms with van der Waals surface area (Å²) in [4.78, 5) is 10.6. The highest BCUT2D eigenvalue weighted by Gasteiger charge is 2.32. The van der Waals surface area contributed by atoms with Crippen LogP contribution in [-0.4, -0.2) is 31.8 Å². The number of nitro groups is 1. The molecule has 2 N–H and O–H groups in total. The Morgan fingerprint density at radius 2 is 1.85 bits per heavy atom. The summed E-state index contributed by atoms with van der Waals surface area (Å²) in [5.74, 6) is 1.36. The van der Waals surface area contributed by atoms with Crippen molar-refractivity contribution < 1.29 is 19.1 Å². The van der Waals surface area contributed by atoms with Gasteiger partial charge in [0.05, 0.1) is 31.3 Å². The fraction of sp³-hybridized carbons (Fsp3) is 0.538. The second-order valence-corrected chi connectivity index (χ2v) is 4.75. The minimum absolute atomic E-state index is 0.0275. The van der Waals surface area contributed by atoms with Crippen LogP contribution in [0, 0.1) is 16.0 Å². The zero-order valence-corrected chi connectivity index (χ0v) is 11.5. The molecular formula is C13H18N2O5. The number of hydrogen-bond donors (Lipinski definition) is 1. The normalized spacial score (nSPS) is 20.9. The summed E-state index contributed by atoms with van der Waals surface area (Å²) in [6.45, 7) is 0.619. The summed E-state index contributed by atoms with van der Waals surface area (Å²) < 4.78 is 15.9. The zero-order chi connectivity index (χ0) is 14.7. The van der Waals surface area contributed by atoms with E-state index in [0.717, 1.165) is 12.8 Å². The largest absolute Gasteiger partial charge is 0.493 e.